The summed E-state index contributed by atoms with van der Waals surface area (Å²) in [5.74, 6) is -3.25. The highest BCUT2D eigenvalue weighted by Crippen LogP contribution is 2.46. The molecule has 2 amide bonds. The van der Waals surface area contributed by atoms with E-state index in [1.165, 1.54) is 11.0 Å². The summed E-state index contributed by atoms with van der Waals surface area (Å²) in [6.07, 6.45) is 0.422. The van der Waals surface area contributed by atoms with Gasteiger partial charge < -0.3 is 15.3 Å². The largest absolute Gasteiger partial charge is 0.372 e. The molecule has 2 N–H and O–H groups in total. The van der Waals surface area contributed by atoms with Crippen molar-refractivity contribution in [3.63, 3.8) is 0 Å². The summed E-state index contributed by atoms with van der Waals surface area (Å²) in [7, 11) is 0. The van der Waals surface area contributed by atoms with Gasteiger partial charge in [0.25, 0.3) is 18.2 Å². The van der Waals surface area contributed by atoms with Gasteiger partial charge in [0.1, 0.15) is 17.3 Å². The fourth-order valence-electron chi connectivity index (χ4n) is 5.48. The summed E-state index contributed by atoms with van der Waals surface area (Å²) in [5, 5.41) is 14.4. The van der Waals surface area contributed by atoms with E-state index < -0.39 is 41.2 Å². The lowest BCUT2D eigenvalue weighted by Gasteiger charge is -2.32. The van der Waals surface area contributed by atoms with Crippen molar-refractivity contribution in [1.29, 1.82) is 0 Å². The van der Waals surface area contributed by atoms with E-state index in [2.05, 4.69) is 10.3 Å². The van der Waals surface area contributed by atoms with Crippen molar-refractivity contribution in [2.24, 2.45) is 5.92 Å². The van der Waals surface area contributed by atoms with Crippen LogP contribution in [-0.2, 0) is 10.4 Å². The third-order valence-corrected chi connectivity index (χ3v) is 7.63. The van der Waals surface area contributed by atoms with E-state index in [4.69, 9.17) is 11.6 Å². The van der Waals surface area contributed by atoms with Crippen molar-refractivity contribution in [2.45, 2.75) is 43.8 Å². The van der Waals surface area contributed by atoms with Crippen molar-refractivity contribution in [3.8, 4) is 0 Å². The minimum atomic E-state index is -2.93. The molecule has 1 unspecified atom stereocenters. The number of fused-ring (bicyclic) bond motifs is 1. The Labute approximate surface area is 226 Å². The van der Waals surface area contributed by atoms with Gasteiger partial charge in [-0.2, -0.15) is 0 Å². The number of nitrogens with zero attached hydrogens (tertiary/aromatic N) is 2. The number of anilines is 1. The van der Waals surface area contributed by atoms with Crippen LogP contribution in [-0.4, -0.2) is 34.5 Å². The smallest absolute Gasteiger partial charge is 0.281 e. The van der Waals surface area contributed by atoms with Gasteiger partial charge in [0, 0.05) is 36.0 Å². The molecule has 0 bridgehead atoms. The lowest BCUT2D eigenvalue weighted by Crippen LogP contribution is -2.45. The van der Waals surface area contributed by atoms with Crippen LogP contribution < -0.4 is 10.2 Å². The summed E-state index contributed by atoms with van der Waals surface area (Å²) in [4.78, 5) is 31.3. The third kappa shape index (κ3) is 4.98. The molecule has 1 saturated carbocycles. The highest BCUT2D eigenvalue weighted by atomic mass is 35.5. The monoisotopic (exact) mass is 561 g/mol. The molecule has 2 aliphatic rings. The summed E-state index contributed by atoms with van der Waals surface area (Å²) >= 11 is 5.86. The summed E-state index contributed by atoms with van der Waals surface area (Å²) in [6.45, 7) is 0.245. The van der Waals surface area contributed by atoms with Gasteiger partial charge in [-0.05, 0) is 55.9 Å². The van der Waals surface area contributed by atoms with Gasteiger partial charge in [-0.1, -0.05) is 29.8 Å². The quantitative estimate of drug-likeness (QED) is 0.388. The minimum Gasteiger partial charge on any atom is -0.372 e. The molecule has 3 aromatic rings. The number of amides is 2. The number of aromatic nitrogens is 1. The number of halogens is 5. The van der Waals surface area contributed by atoms with E-state index in [1.54, 1.807) is 24.3 Å². The van der Waals surface area contributed by atoms with E-state index in [0.29, 0.717) is 37.4 Å². The maximum absolute atomic E-state index is 14.7. The summed E-state index contributed by atoms with van der Waals surface area (Å²) in [5.41, 5.74) is -2.88. The van der Waals surface area contributed by atoms with Gasteiger partial charge in [-0.25, -0.2) is 17.6 Å². The number of carbonyl (C=O) groups excluding carboxylic acids is 2. The highest BCUT2D eigenvalue weighted by Gasteiger charge is 2.52. The second-order valence-corrected chi connectivity index (χ2v) is 10.3. The Hall–Kier alpha value is -3.50. The van der Waals surface area contributed by atoms with Crippen molar-refractivity contribution >= 4 is 29.1 Å². The predicted molar refractivity (Wildman–Crippen MR) is 136 cm³/mol. The SMILES string of the molecule is O=C(NC1CCC(CN2C(=O)C(O)(c3ccc(F)cc3F)c3ccccc32)CC1)c1cc(Cl)cnc1C(F)F. The Bertz CT molecular complexity index is 1430. The van der Waals surface area contributed by atoms with Gasteiger partial charge in [0.15, 0.2) is 5.60 Å². The third-order valence-electron chi connectivity index (χ3n) is 7.42. The maximum atomic E-state index is 14.7. The molecule has 1 aliphatic heterocycles. The van der Waals surface area contributed by atoms with Crippen LogP contribution in [0.2, 0.25) is 5.02 Å². The van der Waals surface area contributed by atoms with Gasteiger partial charge in [-0.15, -0.1) is 0 Å². The number of alkyl halides is 2. The van der Waals surface area contributed by atoms with Gasteiger partial charge >= 0.3 is 0 Å². The van der Waals surface area contributed by atoms with Gasteiger partial charge in [0.05, 0.1) is 16.3 Å². The van der Waals surface area contributed by atoms with Crippen LogP contribution >= 0.6 is 11.6 Å². The number of rotatable bonds is 6. The first kappa shape index (κ1) is 27.1. The lowest BCUT2D eigenvalue weighted by atomic mass is 9.85. The molecule has 204 valence electrons. The average molecular weight is 562 g/mol. The molecular weight excluding hydrogens is 538 g/mol. The molecule has 1 atom stereocenters. The molecule has 1 aromatic heterocycles. The molecule has 0 radical (unpaired) electrons. The molecule has 1 fully saturated rings. The Balaban J connectivity index is 1.28. The molecule has 0 saturated heterocycles. The Morgan fingerprint density at radius 1 is 1.10 bits per heavy atom. The molecule has 2 heterocycles. The van der Waals surface area contributed by atoms with Crippen molar-refractivity contribution < 1.29 is 32.3 Å². The number of benzene rings is 2. The zero-order valence-corrected chi connectivity index (χ0v) is 21.3. The first-order valence-corrected chi connectivity index (χ1v) is 12.8. The topological polar surface area (TPSA) is 82.5 Å². The normalized spacial score (nSPS) is 22.7. The number of hydrogen-bond donors (Lipinski definition) is 2. The van der Waals surface area contributed by atoms with Crippen LogP contribution in [0.25, 0.3) is 0 Å². The molecule has 2 aromatic carbocycles. The van der Waals surface area contributed by atoms with Crippen LogP contribution in [0.1, 0.15) is 59.3 Å². The first-order chi connectivity index (χ1) is 18.6. The fourth-order valence-corrected chi connectivity index (χ4v) is 5.63. The van der Waals surface area contributed by atoms with Gasteiger partial charge in [-0.3, -0.25) is 14.6 Å². The van der Waals surface area contributed by atoms with Crippen LogP contribution in [0.4, 0.5) is 23.2 Å². The standard InChI is InChI=1S/C28H24ClF4N3O3/c29-16-11-19(24(25(32)33)34-13-16)26(37)35-18-8-5-15(6-9-18)14-36-23-4-2-1-3-21(23)28(39,27(36)38)20-10-7-17(30)12-22(20)31/h1-4,7,10-13,15,18,25,39H,5-6,8-9,14H2,(H,35,37). The van der Waals surface area contributed by atoms with Crippen LogP contribution in [0, 0.1) is 17.6 Å². The zero-order chi connectivity index (χ0) is 27.9. The highest BCUT2D eigenvalue weighted by molar-refractivity contribution is 6.30. The maximum Gasteiger partial charge on any atom is 0.281 e. The van der Waals surface area contributed by atoms with E-state index in [0.717, 1.165) is 18.3 Å². The molecule has 6 nitrogen and oxygen atoms in total. The Morgan fingerprint density at radius 3 is 2.51 bits per heavy atom. The van der Waals surface area contributed by atoms with Crippen molar-refractivity contribution in [1.82, 2.24) is 10.3 Å². The average Bonchev–Trinajstić information content (AvgIpc) is 3.12. The number of hydrogen-bond acceptors (Lipinski definition) is 4. The second-order valence-electron chi connectivity index (χ2n) is 9.85. The molecule has 1 aliphatic carbocycles. The first-order valence-electron chi connectivity index (χ1n) is 12.4. The second kappa shape index (κ2) is 10.6. The summed E-state index contributed by atoms with van der Waals surface area (Å²) < 4.78 is 54.9. The minimum absolute atomic E-state index is 0.0000318. The zero-order valence-electron chi connectivity index (χ0n) is 20.5. The lowest BCUT2D eigenvalue weighted by molar-refractivity contribution is -0.132. The summed E-state index contributed by atoms with van der Waals surface area (Å²) in [6, 6.07) is 10.1. The van der Waals surface area contributed by atoms with Crippen LogP contribution in [0.3, 0.4) is 0 Å². The van der Waals surface area contributed by atoms with Crippen LogP contribution in [0.15, 0.2) is 54.7 Å². The molecule has 0 spiro atoms. The van der Waals surface area contributed by atoms with Gasteiger partial charge in [0.2, 0.25) is 0 Å². The molecular formula is C28H24ClF4N3O3. The Morgan fingerprint density at radius 2 is 1.82 bits per heavy atom. The van der Waals surface area contributed by atoms with Crippen molar-refractivity contribution in [3.05, 3.63) is 93.8 Å². The number of carbonyl (C=O) groups is 2. The fraction of sp³-hybridized carbons (Fsp3) is 0.321. The van der Waals surface area contributed by atoms with E-state index in [9.17, 15) is 32.3 Å². The molecule has 5 rings (SSSR count). The van der Waals surface area contributed by atoms with E-state index in [1.807, 2.05) is 0 Å². The Kier molecular flexibility index (Phi) is 7.35. The number of para-hydroxylation sites is 1. The molecule has 39 heavy (non-hydrogen) atoms. The van der Waals surface area contributed by atoms with E-state index >= 15 is 0 Å². The number of aliphatic hydroxyl groups is 1. The predicted octanol–water partition coefficient (Wildman–Crippen LogP) is 5.52. The number of pyridine rings is 1. The van der Waals surface area contributed by atoms with Crippen molar-refractivity contribution in [2.75, 3.05) is 11.4 Å². The van der Waals surface area contributed by atoms with Crippen LogP contribution in [0.5, 0.6) is 0 Å². The number of nitrogens with one attached hydrogen (secondary N) is 1. The molecule has 11 heteroatoms. The van der Waals surface area contributed by atoms with E-state index in [-0.39, 0.29) is 40.2 Å².